The first-order chi connectivity index (χ1) is 8.04. The average Bonchev–Trinajstić information content (AvgIpc) is 2.28. The fourth-order valence-corrected chi connectivity index (χ4v) is 1.57. The van der Waals surface area contributed by atoms with E-state index in [0.29, 0.717) is 38.5 Å². The maximum atomic E-state index is 11.5. The van der Waals surface area contributed by atoms with Gasteiger partial charge in [-0.3, -0.25) is 0 Å². The van der Waals surface area contributed by atoms with Gasteiger partial charge in [0, 0.05) is 32.7 Å². The highest BCUT2D eigenvalue weighted by molar-refractivity contribution is 5.75. The number of carbonyl (C=O) groups is 2. The number of amides is 3. The van der Waals surface area contributed by atoms with E-state index in [1.165, 1.54) is 0 Å². The highest BCUT2D eigenvalue weighted by Gasteiger charge is 2.24. The third-order valence-corrected chi connectivity index (χ3v) is 2.41. The molecule has 6 nitrogen and oxygen atoms in total. The lowest BCUT2D eigenvalue weighted by Gasteiger charge is -2.33. The minimum Gasteiger partial charge on any atom is -0.416 e. The van der Waals surface area contributed by atoms with Crippen LogP contribution in [0.4, 0.5) is 9.59 Å². The maximum Gasteiger partial charge on any atom is 0.414 e. The van der Waals surface area contributed by atoms with Gasteiger partial charge in [0.2, 0.25) is 0 Å². The molecule has 1 heterocycles. The van der Waals surface area contributed by atoms with Crippen LogP contribution in [0.1, 0.15) is 13.8 Å². The number of urea groups is 1. The van der Waals surface area contributed by atoms with Crippen LogP contribution in [0.5, 0.6) is 0 Å². The summed E-state index contributed by atoms with van der Waals surface area (Å²) in [5, 5.41) is 2.73. The van der Waals surface area contributed by atoms with E-state index in [1.54, 1.807) is 16.7 Å². The topological polar surface area (TPSA) is 61.9 Å². The molecule has 0 aromatic rings. The molecule has 1 aliphatic heterocycles. The minimum absolute atomic E-state index is 0.0829. The van der Waals surface area contributed by atoms with Crippen molar-refractivity contribution in [3.05, 3.63) is 12.3 Å². The molecule has 0 saturated carbocycles. The fourth-order valence-electron chi connectivity index (χ4n) is 1.57. The Morgan fingerprint density at radius 3 is 2.24 bits per heavy atom. The zero-order chi connectivity index (χ0) is 12.8. The molecular formula is C11H19N3O3. The first-order valence-electron chi connectivity index (χ1n) is 5.69. The van der Waals surface area contributed by atoms with Gasteiger partial charge < -0.3 is 19.9 Å². The molecule has 96 valence electrons. The van der Waals surface area contributed by atoms with Gasteiger partial charge in [0.1, 0.15) is 0 Å². The molecule has 1 saturated heterocycles. The molecule has 0 aromatic heterocycles. The number of carbonyl (C=O) groups excluding carboxylic acids is 2. The smallest absolute Gasteiger partial charge is 0.414 e. The van der Waals surface area contributed by atoms with Crippen LogP contribution in [0.25, 0.3) is 0 Å². The van der Waals surface area contributed by atoms with Crippen molar-refractivity contribution >= 4 is 12.1 Å². The zero-order valence-corrected chi connectivity index (χ0v) is 10.4. The van der Waals surface area contributed by atoms with Crippen molar-refractivity contribution in [2.75, 3.05) is 32.7 Å². The lowest BCUT2D eigenvalue weighted by Crippen LogP contribution is -2.53. The first-order valence-corrected chi connectivity index (χ1v) is 5.69. The van der Waals surface area contributed by atoms with E-state index in [2.05, 4.69) is 11.9 Å². The SMILES string of the molecule is C=C(C)OC(=O)N1CCN(C(=O)NCC)CC1. The van der Waals surface area contributed by atoms with Crippen molar-refractivity contribution in [1.82, 2.24) is 15.1 Å². The summed E-state index contributed by atoms with van der Waals surface area (Å²) < 4.78 is 4.91. The predicted molar refractivity (Wildman–Crippen MR) is 63.5 cm³/mol. The van der Waals surface area contributed by atoms with Crippen LogP contribution in [-0.4, -0.2) is 54.6 Å². The van der Waals surface area contributed by atoms with Gasteiger partial charge in [-0.05, 0) is 13.8 Å². The Bertz CT molecular complexity index is 309. The van der Waals surface area contributed by atoms with Crippen molar-refractivity contribution in [3.8, 4) is 0 Å². The summed E-state index contributed by atoms with van der Waals surface area (Å²) in [5.41, 5.74) is 0. The molecule has 1 aliphatic rings. The van der Waals surface area contributed by atoms with Gasteiger partial charge in [-0.25, -0.2) is 9.59 Å². The molecule has 1 fully saturated rings. The molecule has 0 unspecified atom stereocenters. The monoisotopic (exact) mass is 241 g/mol. The molecular weight excluding hydrogens is 222 g/mol. The van der Waals surface area contributed by atoms with Crippen LogP contribution in [0.3, 0.4) is 0 Å². The second kappa shape index (κ2) is 6.12. The van der Waals surface area contributed by atoms with E-state index >= 15 is 0 Å². The lowest BCUT2D eigenvalue weighted by molar-refractivity contribution is 0.101. The normalized spacial score (nSPS) is 15.4. The second-order valence-electron chi connectivity index (χ2n) is 3.88. The number of ether oxygens (including phenoxy) is 1. The van der Waals surface area contributed by atoms with Gasteiger partial charge in [0.15, 0.2) is 0 Å². The highest BCUT2D eigenvalue weighted by atomic mass is 16.6. The van der Waals surface area contributed by atoms with E-state index in [-0.39, 0.29) is 6.03 Å². The minimum atomic E-state index is -0.395. The Morgan fingerprint density at radius 1 is 1.24 bits per heavy atom. The summed E-state index contributed by atoms with van der Waals surface area (Å²) in [5.74, 6) is 0.376. The van der Waals surface area contributed by atoms with Gasteiger partial charge >= 0.3 is 12.1 Å². The summed E-state index contributed by atoms with van der Waals surface area (Å²) in [6.07, 6.45) is -0.395. The van der Waals surface area contributed by atoms with E-state index < -0.39 is 6.09 Å². The molecule has 0 bridgehead atoms. The molecule has 17 heavy (non-hydrogen) atoms. The molecule has 1 rings (SSSR count). The number of nitrogens with zero attached hydrogens (tertiary/aromatic N) is 2. The number of rotatable bonds is 2. The van der Waals surface area contributed by atoms with E-state index in [0.717, 1.165) is 0 Å². The van der Waals surface area contributed by atoms with Crippen LogP contribution in [0, 0.1) is 0 Å². The standard InChI is InChI=1S/C11H19N3O3/c1-4-12-10(15)13-5-7-14(8-6-13)11(16)17-9(2)3/h2,4-8H2,1,3H3,(H,12,15). The second-order valence-corrected chi connectivity index (χ2v) is 3.88. The largest absolute Gasteiger partial charge is 0.416 e. The van der Waals surface area contributed by atoms with Crippen LogP contribution in [0.2, 0.25) is 0 Å². The maximum absolute atomic E-state index is 11.5. The Hall–Kier alpha value is -1.72. The third kappa shape index (κ3) is 3.97. The Balaban J connectivity index is 2.37. The van der Waals surface area contributed by atoms with Gasteiger partial charge in [-0.1, -0.05) is 6.58 Å². The van der Waals surface area contributed by atoms with Crippen LogP contribution < -0.4 is 5.32 Å². The molecule has 0 aliphatic carbocycles. The number of nitrogens with one attached hydrogen (secondary N) is 1. The van der Waals surface area contributed by atoms with Gasteiger partial charge in [0.05, 0.1) is 5.76 Å². The fraction of sp³-hybridized carbons (Fsp3) is 0.636. The summed E-state index contributed by atoms with van der Waals surface area (Å²) in [7, 11) is 0. The Kier molecular flexibility index (Phi) is 4.81. The summed E-state index contributed by atoms with van der Waals surface area (Å²) >= 11 is 0. The van der Waals surface area contributed by atoms with Crippen molar-refractivity contribution in [2.24, 2.45) is 0 Å². The van der Waals surface area contributed by atoms with Crippen molar-refractivity contribution < 1.29 is 14.3 Å². The van der Waals surface area contributed by atoms with Gasteiger partial charge in [-0.15, -0.1) is 0 Å². The number of piperazine rings is 1. The average molecular weight is 241 g/mol. The Morgan fingerprint density at radius 2 is 1.76 bits per heavy atom. The zero-order valence-electron chi connectivity index (χ0n) is 10.4. The number of allylic oxidation sites excluding steroid dienone is 1. The van der Waals surface area contributed by atoms with Crippen LogP contribution in [-0.2, 0) is 4.74 Å². The van der Waals surface area contributed by atoms with Gasteiger partial charge in [0.25, 0.3) is 0 Å². The lowest BCUT2D eigenvalue weighted by atomic mass is 10.3. The van der Waals surface area contributed by atoms with Gasteiger partial charge in [-0.2, -0.15) is 0 Å². The van der Waals surface area contributed by atoms with Crippen LogP contribution in [0.15, 0.2) is 12.3 Å². The molecule has 3 amide bonds. The molecule has 0 aromatic carbocycles. The predicted octanol–water partition coefficient (Wildman–Crippen LogP) is 1.00. The Labute approximate surface area is 101 Å². The summed E-state index contributed by atoms with van der Waals surface area (Å²) in [6.45, 7) is 9.65. The van der Waals surface area contributed by atoms with Crippen molar-refractivity contribution in [1.29, 1.82) is 0 Å². The molecule has 0 atom stereocenters. The third-order valence-electron chi connectivity index (χ3n) is 2.41. The van der Waals surface area contributed by atoms with E-state index in [9.17, 15) is 9.59 Å². The highest BCUT2D eigenvalue weighted by Crippen LogP contribution is 2.06. The molecule has 0 radical (unpaired) electrons. The first kappa shape index (κ1) is 13.3. The summed E-state index contributed by atoms with van der Waals surface area (Å²) in [4.78, 5) is 26.3. The van der Waals surface area contributed by atoms with Crippen molar-refractivity contribution in [3.63, 3.8) is 0 Å². The van der Waals surface area contributed by atoms with E-state index in [4.69, 9.17) is 4.74 Å². The molecule has 6 heteroatoms. The van der Waals surface area contributed by atoms with Crippen LogP contribution >= 0.6 is 0 Å². The number of hydrogen-bond donors (Lipinski definition) is 1. The van der Waals surface area contributed by atoms with Crippen molar-refractivity contribution in [2.45, 2.75) is 13.8 Å². The number of hydrogen-bond acceptors (Lipinski definition) is 3. The van der Waals surface area contributed by atoms with E-state index in [1.807, 2.05) is 6.92 Å². The summed E-state index contributed by atoms with van der Waals surface area (Å²) in [6, 6.07) is -0.0829. The molecule has 1 N–H and O–H groups in total. The quantitative estimate of drug-likeness (QED) is 0.734. The molecule has 0 spiro atoms.